The van der Waals surface area contributed by atoms with Gasteiger partial charge in [0.15, 0.2) is 0 Å². The van der Waals surface area contributed by atoms with Crippen LogP contribution < -0.4 is 10.5 Å². The van der Waals surface area contributed by atoms with Crippen molar-refractivity contribution in [1.82, 2.24) is 19.9 Å². The van der Waals surface area contributed by atoms with Gasteiger partial charge in [-0.05, 0) is 42.7 Å². The maximum atomic E-state index is 13.7. The predicted molar refractivity (Wildman–Crippen MR) is 124 cm³/mol. The van der Waals surface area contributed by atoms with Gasteiger partial charge in [-0.25, -0.2) is 9.18 Å². The first kappa shape index (κ1) is 25.0. The fourth-order valence-electron chi connectivity index (χ4n) is 4.92. The maximum absolute atomic E-state index is 13.7. The lowest BCUT2D eigenvalue weighted by Crippen LogP contribution is -2.48. The van der Waals surface area contributed by atoms with Gasteiger partial charge in [-0.3, -0.25) is 0 Å². The minimum atomic E-state index is -4.78. The molecular formula is C25H25F4N5O3. The molecule has 2 aliphatic rings. The molecule has 3 unspecified atom stereocenters. The van der Waals surface area contributed by atoms with Gasteiger partial charge in [0.1, 0.15) is 11.6 Å². The number of nitrogens with two attached hydrogens (primary N) is 1. The first-order chi connectivity index (χ1) is 17.6. The fraction of sp³-hybridized carbons (Fsp3) is 0.400. The topological polar surface area (TPSA) is 97.7 Å². The molecule has 12 heteroatoms. The van der Waals surface area contributed by atoms with E-state index in [4.69, 9.17) is 10.3 Å². The van der Waals surface area contributed by atoms with Gasteiger partial charge >= 0.3 is 12.4 Å². The fourth-order valence-corrected chi connectivity index (χ4v) is 4.92. The van der Waals surface area contributed by atoms with Crippen LogP contribution in [0.4, 0.5) is 22.4 Å². The quantitative estimate of drug-likeness (QED) is 0.510. The van der Waals surface area contributed by atoms with Gasteiger partial charge < -0.3 is 24.8 Å². The largest absolute Gasteiger partial charge is 0.573 e. The van der Waals surface area contributed by atoms with Crippen LogP contribution in [0.1, 0.15) is 36.1 Å². The molecule has 1 aromatic heterocycles. The Bertz CT molecular complexity index is 1250. The summed E-state index contributed by atoms with van der Waals surface area (Å²) >= 11 is 0. The molecule has 0 aliphatic carbocycles. The average molecular weight is 519 g/mol. The van der Waals surface area contributed by atoms with Crippen LogP contribution in [0.15, 0.2) is 53.1 Å². The molecule has 5 rings (SSSR count). The van der Waals surface area contributed by atoms with Crippen molar-refractivity contribution in [1.29, 1.82) is 0 Å². The van der Waals surface area contributed by atoms with Crippen LogP contribution in [0.25, 0.3) is 11.4 Å². The number of aromatic nitrogens is 2. The number of piperidine rings is 1. The van der Waals surface area contributed by atoms with Crippen LogP contribution in [-0.4, -0.2) is 64.6 Å². The van der Waals surface area contributed by atoms with Crippen molar-refractivity contribution < 1.29 is 31.6 Å². The maximum Gasteiger partial charge on any atom is 0.573 e. The van der Waals surface area contributed by atoms with Crippen molar-refractivity contribution in [3.05, 3.63) is 65.8 Å². The molecule has 2 aromatic carbocycles. The van der Waals surface area contributed by atoms with E-state index < -0.39 is 12.2 Å². The molecule has 3 aromatic rings. The van der Waals surface area contributed by atoms with E-state index in [0.717, 1.165) is 5.56 Å². The smallest absolute Gasteiger partial charge is 0.406 e. The number of rotatable bonds is 4. The molecular weight excluding hydrogens is 494 g/mol. The zero-order valence-corrected chi connectivity index (χ0v) is 19.7. The molecule has 2 aliphatic heterocycles. The van der Waals surface area contributed by atoms with Gasteiger partial charge in [0.25, 0.3) is 0 Å². The third-order valence-corrected chi connectivity index (χ3v) is 6.68. The molecule has 2 fully saturated rings. The lowest BCUT2D eigenvalue weighted by molar-refractivity contribution is -0.274. The second-order valence-electron chi connectivity index (χ2n) is 9.40. The Labute approximate surface area is 210 Å². The molecule has 0 spiro atoms. The van der Waals surface area contributed by atoms with Crippen molar-refractivity contribution >= 4 is 6.03 Å². The summed E-state index contributed by atoms with van der Waals surface area (Å²) in [4.78, 5) is 21.2. The van der Waals surface area contributed by atoms with Crippen LogP contribution in [0.5, 0.6) is 5.75 Å². The van der Waals surface area contributed by atoms with E-state index >= 15 is 0 Å². The van der Waals surface area contributed by atoms with Crippen LogP contribution in [0.3, 0.4) is 0 Å². The molecule has 37 heavy (non-hydrogen) atoms. The van der Waals surface area contributed by atoms with E-state index in [2.05, 4.69) is 14.9 Å². The highest BCUT2D eigenvalue weighted by Crippen LogP contribution is 2.37. The normalized spacial score (nSPS) is 22.4. The number of carbonyl (C=O) groups is 1. The Hall–Kier alpha value is -3.67. The summed E-state index contributed by atoms with van der Waals surface area (Å²) in [5.74, 6) is -0.756. The third kappa shape index (κ3) is 5.85. The van der Waals surface area contributed by atoms with Crippen LogP contribution >= 0.6 is 0 Å². The number of urea groups is 1. The van der Waals surface area contributed by atoms with Crippen molar-refractivity contribution in [2.24, 2.45) is 5.73 Å². The first-order valence-corrected chi connectivity index (χ1v) is 11.9. The molecule has 3 heterocycles. The number of alkyl halides is 3. The van der Waals surface area contributed by atoms with E-state index in [1.807, 2.05) is 0 Å². The summed E-state index contributed by atoms with van der Waals surface area (Å²) in [6.45, 7) is 1.70. The zero-order valence-electron chi connectivity index (χ0n) is 19.7. The standard InChI is InChI=1S/C25H25F4N5O3/c26-19-3-1-2-16(11-19)22-31-23(37-32-22)18-10-17(15-4-6-21(7-5-15)36-25(27,28)29)12-34(13-18)24(35)33-9-8-20(30)14-33/h1-7,11,17-18,20H,8-10,12-14,30H2. The van der Waals surface area contributed by atoms with Gasteiger partial charge in [-0.1, -0.05) is 29.4 Å². The van der Waals surface area contributed by atoms with E-state index in [-0.39, 0.29) is 35.5 Å². The molecule has 8 nitrogen and oxygen atoms in total. The molecule has 2 N–H and O–H groups in total. The third-order valence-electron chi connectivity index (χ3n) is 6.68. The summed E-state index contributed by atoms with van der Waals surface area (Å²) in [5, 5.41) is 4.00. The number of nitrogens with zero attached hydrogens (tertiary/aromatic N) is 4. The minimum absolute atomic E-state index is 0.0775. The Morgan fingerprint density at radius 3 is 2.49 bits per heavy atom. The number of amides is 2. The van der Waals surface area contributed by atoms with Crippen LogP contribution in [0, 0.1) is 5.82 Å². The second-order valence-corrected chi connectivity index (χ2v) is 9.40. The lowest BCUT2D eigenvalue weighted by atomic mass is 9.84. The average Bonchev–Trinajstić information content (AvgIpc) is 3.52. The number of hydrogen-bond donors (Lipinski definition) is 1. The highest BCUT2D eigenvalue weighted by Gasteiger charge is 2.38. The molecule has 2 saturated heterocycles. The van der Waals surface area contributed by atoms with E-state index in [9.17, 15) is 22.4 Å². The Morgan fingerprint density at radius 1 is 1.05 bits per heavy atom. The Kier molecular flexibility index (Phi) is 6.76. The summed E-state index contributed by atoms with van der Waals surface area (Å²) < 4.78 is 60.9. The van der Waals surface area contributed by atoms with Crippen LogP contribution in [-0.2, 0) is 0 Å². The zero-order chi connectivity index (χ0) is 26.2. The number of ether oxygens (including phenoxy) is 1. The van der Waals surface area contributed by atoms with Gasteiger partial charge in [-0.15, -0.1) is 13.2 Å². The van der Waals surface area contributed by atoms with Gasteiger partial charge in [0.05, 0.1) is 5.92 Å². The number of hydrogen-bond acceptors (Lipinski definition) is 6. The van der Waals surface area contributed by atoms with E-state index in [1.54, 1.807) is 34.1 Å². The van der Waals surface area contributed by atoms with Crippen molar-refractivity contribution in [3.63, 3.8) is 0 Å². The molecule has 0 bridgehead atoms. The first-order valence-electron chi connectivity index (χ1n) is 11.9. The lowest BCUT2D eigenvalue weighted by Gasteiger charge is -2.38. The Balaban J connectivity index is 1.40. The molecule has 2 amide bonds. The van der Waals surface area contributed by atoms with Crippen molar-refractivity contribution in [2.45, 2.75) is 37.1 Å². The second kappa shape index (κ2) is 10.0. The van der Waals surface area contributed by atoms with Gasteiger partial charge in [0.2, 0.25) is 11.7 Å². The Morgan fingerprint density at radius 2 is 1.81 bits per heavy atom. The number of benzene rings is 2. The van der Waals surface area contributed by atoms with Crippen LogP contribution in [0.2, 0.25) is 0 Å². The van der Waals surface area contributed by atoms with Crippen molar-refractivity contribution in [3.8, 4) is 17.1 Å². The number of likely N-dealkylation sites (tertiary alicyclic amines) is 2. The van der Waals surface area contributed by atoms with E-state index in [1.165, 1.54) is 24.3 Å². The minimum Gasteiger partial charge on any atom is -0.406 e. The SMILES string of the molecule is NC1CCN(C(=O)N2CC(c3ccc(OC(F)(F)F)cc3)CC(c3nc(-c4cccc(F)c4)no3)C2)C1. The van der Waals surface area contributed by atoms with Crippen molar-refractivity contribution in [2.75, 3.05) is 26.2 Å². The highest BCUT2D eigenvalue weighted by atomic mass is 19.4. The molecule has 3 atom stereocenters. The van der Waals surface area contributed by atoms with Gasteiger partial charge in [-0.2, -0.15) is 4.98 Å². The molecule has 196 valence electrons. The number of halogens is 4. The number of carbonyl (C=O) groups excluding carboxylic acids is 1. The summed E-state index contributed by atoms with van der Waals surface area (Å²) in [6, 6.07) is 11.2. The summed E-state index contributed by atoms with van der Waals surface area (Å²) in [6.07, 6.45) is -3.55. The van der Waals surface area contributed by atoms with Gasteiger partial charge in [0, 0.05) is 43.7 Å². The highest BCUT2D eigenvalue weighted by molar-refractivity contribution is 5.75. The predicted octanol–water partition coefficient (Wildman–Crippen LogP) is 4.50. The van der Waals surface area contributed by atoms with E-state index in [0.29, 0.717) is 50.5 Å². The molecule has 0 radical (unpaired) electrons. The monoisotopic (exact) mass is 519 g/mol. The summed E-state index contributed by atoms with van der Waals surface area (Å²) in [7, 11) is 0. The summed E-state index contributed by atoms with van der Waals surface area (Å²) in [5.41, 5.74) is 7.20. The molecule has 0 saturated carbocycles.